The van der Waals surface area contributed by atoms with Gasteiger partial charge in [0.1, 0.15) is 6.26 Å². The Hall–Kier alpha value is -1.58. The van der Waals surface area contributed by atoms with Gasteiger partial charge in [0.25, 0.3) is 0 Å². The quantitative estimate of drug-likeness (QED) is 0.497. The van der Waals surface area contributed by atoms with Gasteiger partial charge >= 0.3 is 0 Å². The molecule has 0 radical (unpaired) electrons. The molecule has 0 aromatic carbocycles. The van der Waals surface area contributed by atoms with E-state index in [0.29, 0.717) is 0 Å². The van der Waals surface area contributed by atoms with Gasteiger partial charge in [0.2, 0.25) is 0 Å². The van der Waals surface area contributed by atoms with E-state index in [1.165, 1.54) is 5.69 Å². The number of hydrogen-bond acceptors (Lipinski definition) is 3. The van der Waals surface area contributed by atoms with Crippen LogP contribution in [0, 0.1) is 6.92 Å². The highest BCUT2D eigenvalue weighted by Crippen LogP contribution is 2.29. The van der Waals surface area contributed by atoms with Gasteiger partial charge in [0, 0.05) is 17.5 Å². The van der Waals surface area contributed by atoms with Crippen LogP contribution < -0.4 is 0 Å². The molecule has 1 aliphatic heterocycles. The first-order chi connectivity index (χ1) is 5.86. The summed E-state index contributed by atoms with van der Waals surface area (Å²) in [4.78, 5) is 4.25. The molecule has 2 aromatic heterocycles. The third kappa shape index (κ3) is 0.536. The van der Waals surface area contributed by atoms with Gasteiger partial charge < -0.3 is 9.09 Å². The van der Waals surface area contributed by atoms with Gasteiger partial charge in [-0.3, -0.25) is 0 Å². The minimum Gasteiger partial charge on any atom is -0.364 e. The summed E-state index contributed by atoms with van der Waals surface area (Å²) in [5, 5.41) is 3.89. The van der Waals surface area contributed by atoms with Crippen molar-refractivity contribution in [3.63, 3.8) is 0 Å². The van der Waals surface area contributed by atoms with Crippen LogP contribution in [0.5, 0.6) is 0 Å². The fraction of sp³-hybridized carbons (Fsp3) is 0.250. The zero-order valence-electron chi connectivity index (χ0n) is 6.61. The van der Waals surface area contributed by atoms with E-state index in [2.05, 4.69) is 14.7 Å². The molecule has 4 nitrogen and oxygen atoms in total. The number of aryl methyl sites for hydroxylation is 1. The van der Waals surface area contributed by atoms with E-state index in [4.69, 9.17) is 4.52 Å². The fourth-order valence-corrected chi connectivity index (χ4v) is 1.57. The van der Waals surface area contributed by atoms with Crippen LogP contribution in [0.2, 0.25) is 0 Å². The molecule has 0 atom stereocenters. The molecule has 0 saturated carbocycles. The molecule has 60 valence electrons. The molecule has 0 bridgehead atoms. The lowest BCUT2D eigenvalue weighted by atomic mass is 10.3. The molecule has 0 aliphatic carbocycles. The first-order valence-corrected chi connectivity index (χ1v) is 3.82. The largest absolute Gasteiger partial charge is 0.364 e. The van der Waals surface area contributed by atoms with Crippen LogP contribution in [0.25, 0.3) is 11.5 Å². The number of imidazole rings is 1. The minimum absolute atomic E-state index is 0.847. The summed E-state index contributed by atoms with van der Waals surface area (Å²) in [5.41, 5.74) is 3.19. The van der Waals surface area contributed by atoms with E-state index in [0.717, 1.165) is 23.6 Å². The van der Waals surface area contributed by atoms with Crippen molar-refractivity contribution in [2.45, 2.75) is 13.5 Å². The molecule has 3 rings (SSSR count). The summed E-state index contributed by atoms with van der Waals surface area (Å²) in [6.07, 6.45) is 3.54. The highest BCUT2D eigenvalue weighted by atomic mass is 16.5. The molecule has 0 unspecified atom stereocenters. The minimum atomic E-state index is 0.847. The van der Waals surface area contributed by atoms with Crippen molar-refractivity contribution >= 4 is 0 Å². The maximum atomic E-state index is 4.85. The average molecular weight is 161 g/mol. The smallest absolute Gasteiger partial charge is 0.163 e. The van der Waals surface area contributed by atoms with E-state index < -0.39 is 0 Å². The van der Waals surface area contributed by atoms with Crippen LogP contribution in [0.3, 0.4) is 0 Å². The summed E-state index contributed by atoms with van der Waals surface area (Å²) in [6, 6.07) is 0. The zero-order chi connectivity index (χ0) is 8.13. The lowest BCUT2D eigenvalue weighted by molar-refractivity contribution is 0.418. The summed E-state index contributed by atoms with van der Waals surface area (Å²) >= 11 is 0. The Balaban J connectivity index is 2.34. The van der Waals surface area contributed by atoms with Crippen molar-refractivity contribution in [2.24, 2.45) is 0 Å². The molecule has 0 fully saturated rings. The van der Waals surface area contributed by atoms with Crippen molar-refractivity contribution in [3.05, 3.63) is 23.7 Å². The SMILES string of the molecule is Cc1cnc2n1Cc1conc1-2. The van der Waals surface area contributed by atoms with Crippen LogP contribution in [0.4, 0.5) is 0 Å². The van der Waals surface area contributed by atoms with E-state index in [-0.39, 0.29) is 0 Å². The molecule has 1 aliphatic rings. The second kappa shape index (κ2) is 1.77. The van der Waals surface area contributed by atoms with Gasteiger partial charge in [-0.2, -0.15) is 0 Å². The van der Waals surface area contributed by atoms with Gasteiger partial charge in [-0.1, -0.05) is 5.16 Å². The highest BCUT2D eigenvalue weighted by Gasteiger charge is 2.24. The first-order valence-electron chi connectivity index (χ1n) is 3.82. The zero-order valence-corrected chi connectivity index (χ0v) is 6.61. The predicted octanol–water partition coefficient (Wildman–Crippen LogP) is 1.21. The Kier molecular flexibility index (Phi) is 0.885. The molecule has 0 spiro atoms. The molecule has 0 amide bonds. The average Bonchev–Trinajstić information content (AvgIpc) is 2.63. The van der Waals surface area contributed by atoms with Gasteiger partial charge in [0.05, 0.1) is 6.54 Å². The predicted molar refractivity (Wildman–Crippen MR) is 41.6 cm³/mol. The maximum Gasteiger partial charge on any atom is 0.163 e. The molecule has 2 aromatic rings. The summed E-state index contributed by atoms with van der Waals surface area (Å²) in [5.74, 6) is 0.927. The molecule has 4 heteroatoms. The normalized spacial score (nSPS) is 13.1. The van der Waals surface area contributed by atoms with Crippen molar-refractivity contribution in [2.75, 3.05) is 0 Å². The number of aromatic nitrogens is 3. The Labute approximate surface area is 68.8 Å². The van der Waals surface area contributed by atoms with E-state index >= 15 is 0 Å². The first kappa shape index (κ1) is 5.99. The van der Waals surface area contributed by atoms with E-state index in [1.807, 2.05) is 13.1 Å². The van der Waals surface area contributed by atoms with E-state index in [1.54, 1.807) is 6.26 Å². The second-order valence-electron chi connectivity index (χ2n) is 3.00. The van der Waals surface area contributed by atoms with Gasteiger partial charge in [0.15, 0.2) is 11.5 Å². The number of rotatable bonds is 0. The lowest BCUT2D eigenvalue weighted by Gasteiger charge is -1.96. The van der Waals surface area contributed by atoms with Crippen molar-refractivity contribution in [1.82, 2.24) is 14.7 Å². The Morgan fingerprint density at radius 1 is 1.58 bits per heavy atom. The molecule has 0 saturated heterocycles. The van der Waals surface area contributed by atoms with E-state index in [9.17, 15) is 0 Å². The van der Waals surface area contributed by atoms with Crippen LogP contribution in [0.15, 0.2) is 17.0 Å². The van der Waals surface area contributed by atoms with Crippen molar-refractivity contribution in [3.8, 4) is 11.5 Å². The third-order valence-corrected chi connectivity index (χ3v) is 2.24. The van der Waals surface area contributed by atoms with Gasteiger partial charge in [-0.05, 0) is 6.92 Å². The number of fused-ring (bicyclic) bond motifs is 3. The molecule has 0 N–H and O–H groups in total. The third-order valence-electron chi connectivity index (χ3n) is 2.24. The van der Waals surface area contributed by atoms with Gasteiger partial charge in [-0.25, -0.2) is 4.98 Å². The monoisotopic (exact) mass is 161 g/mol. The van der Waals surface area contributed by atoms with Crippen LogP contribution in [-0.4, -0.2) is 14.7 Å². The summed E-state index contributed by atoms with van der Waals surface area (Å²) < 4.78 is 6.98. The number of nitrogens with zero attached hydrogens (tertiary/aromatic N) is 3. The van der Waals surface area contributed by atoms with Crippen molar-refractivity contribution < 1.29 is 4.52 Å². The number of hydrogen-bond donors (Lipinski definition) is 0. The van der Waals surface area contributed by atoms with Crippen LogP contribution in [0.1, 0.15) is 11.3 Å². The second-order valence-corrected chi connectivity index (χ2v) is 3.00. The topological polar surface area (TPSA) is 43.9 Å². The highest BCUT2D eigenvalue weighted by molar-refractivity contribution is 5.59. The molecule has 12 heavy (non-hydrogen) atoms. The van der Waals surface area contributed by atoms with Crippen LogP contribution in [-0.2, 0) is 6.54 Å². The Bertz CT molecular complexity index is 441. The maximum absolute atomic E-state index is 4.85. The molecule has 3 heterocycles. The summed E-state index contributed by atoms with van der Waals surface area (Å²) in [6.45, 7) is 2.89. The summed E-state index contributed by atoms with van der Waals surface area (Å²) in [7, 11) is 0. The van der Waals surface area contributed by atoms with Crippen molar-refractivity contribution in [1.29, 1.82) is 0 Å². The lowest BCUT2D eigenvalue weighted by Crippen LogP contribution is -1.94. The molecular weight excluding hydrogens is 154 g/mol. The van der Waals surface area contributed by atoms with Crippen LogP contribution >= 0.6 is 0 Å². The Morgan fingerprint density at radius 2 is 2.50 bits per heavy atom. The fourth-order valence-electron chi connectivity index (χ4n) is 1.57. The standard InChI is InChI=1S/C8H7N3O/c1-5-2-9-8-7-6(3-11(5)8)4-12-10-7/h2,4H,3H2,1H3. The Morgan fingerprint density at radius 3 is 3.42 bits per heavy atom. The molecular formula is C8H7N3O. The van der Waals surface area contributed by atoms with Gasteiger partial charge in [-0.15, -0.1) is 0 Å².